The van der Waals surface area contributed by atoms with Gasteiger partial charge in [0.15, 0.2) is 17.5 Å². The molecule has 2 aromatic carbocycles. The number of aliphatic hydroxyl groups excluding tert-OH is 1. The largest absolute Gasteiger partial charge is 0.493 e. The summed E-state index contributed by atoms with van der Waals surface area (Å²) in [4.78, 5) is 4.63. The fourth-order valence-electron chi connectivity index (χ4n) is 2.61. The van der Waals surface area contributed by atoms with Gasteiger partial charge in [-0.3, -0.25) is 0 Å². The second kappa shape index (κ2) is 14.3. The van der Waals surface area contributed by atoms with Crippen molar-refractivity contribution in [3.8, 4) is 11.5 Å². The minimum atomic E-state index is -0.0406. The first-order valence-corrected chi connectivity index (χ1v) is 9.71. The smallest absolute Gasteiger partial charge is 0.191 e. The molecule has 0 saturated heterocycles. The van der Waals surface area contributed by atoms with Crippen LogP contribution in [0.4, 0.5) is 0 Å². The molecule has 3 N–H and O–H groups in total. The molecule has 0 bridgehead atoms. The minimum Gasteiger partial charge on any atom is -0.493 e. The predicted molar refractivity (Wildman–Crippen MR) is 129 cm³/mol. The van der Waals surface area contributed by atoms with Crippen LogP contribution in [0.15, 0.2) is 47.5 Å². The van der Waals surface area contributed by atoms with Gasteiger partial charge in [-0.25, -0.2) is 4.99 Å². The van der Waals surface area contributed by atoms with Crippen molar-refractivity contribution in [1.29, 1.82) is 0 Å². The van der Waals surface area contributed by atoms with Crippen LogP contribution >= 0.6 is 35.6 Å². The number of hydrogen-bond acceptors (Lipinski definition) is 4. The number of nitrogens with zero attached hydrogens (tertiary/aromatic N) is 1. The molecule has 2 aromatic rings. The zero-order chi connectivity index (χ0) is 20.2. The lowest BCUT2D eigenvalue weighted by atomic mass is 10.1. The average Bonchev–Trinajstić information content (AvgIpc) is 2.72. The van der Waals surface area contributed by atoms with E-state index < -0.39 is 0 Å². The number of benzene rings is 2. The average molecular weight is 534 g/mol. The quantitative estimate of drug-likeness (QED) is 0.247. The maximum Gasteiger partial charge on any atom is 0.191 e. The summed E-state index contributed by atoms with van der Waals surface area (Å²) in [5, 5.41) is 16.2. The summed E-state index contributed by atoms with van der Waals surface area (Å²) < 4.78 is 10.8. The van der Waals surface area contributed by atoms with Crippen LogP contribution in [0.1, 0.15) is 18.1 Å². The second-order valence-electron chi connectivity index (χ2n) is 6.02. The Labute approximate surface area is 194 Å². The molecule has 0 radical (unpaired) electrons. The standard InChI is InChI=1S/C21H28ClN3O3.HI/c1-3-23-21(24-11-10-17-6-4-5-7-18(17)22)25-15-16-8-9-19(28-13-12-26)20(14-16)27-2;/h4-9,14,26H,3,10-13,15H2,1-2H3,(H2,23,24,25);1H. The Morgan fingerprint density at radius 3 is 2.62 bits per heavy atom. The Bertz CT molecular complexity index is 775. The van der Waals surface area contributed by atoms with Gasteiger partial charge in [-0.1, -0.05) is 35.9 Å². The number of nitrogens with one attached hydrogen (secondary N) is 2. The van der Waals surface area contributed by atoms with Gasteiger partial charge < -0.3 is 25.2 Å². The number of rotatable bonds is 10. The summed E-state index contributed by atoms with van der Waals surface area (Å²) in [6.07, 6.45) is 0.814. The summed E-state index contributed by atoms with van der Waals surface area (Å²) >= 11 is 6.21. The van der Waals surface area contributed by atoms with Gasteiger partial charge in [0, 0.05) is 18.1 Å². The third-order valence-corrected chi connectivity index (χ3v) is 4.35. The molecule has 0 atom stereocenters. The Kier molecular flexibility index (Phi) is 12.5. The molecule has 0 fully saturated rings. The van der Waals surface area contributed by atoms with Gasteiger partial charge in [-0.05, 0) is 42.7 Å². The van der Waals surface area contributed by atoms with E-state index in [-0.39, 0.29) is 37.2 Å². The lowest BCUT2D eigenvalue weighted by Gasteiger charge is -2.13. The first kappa shape index (κ1) is 25.3. The van der Waals surface area contributed by atoms with Gasteiger partial charge in [-0.2, -0.15) is 0 Å². The van der Waals surface area contributed by atoms with E-state index in [0.29, 0.717) is 18.0 Å². The topological polar surface area (TPSA) is 75.1 Å². The lowest BCUT2D eigenvalue weighted by Crippen LogP contribution is -2.38. The van der Waals surface area contributed by atoms with E-state index in [2.05, 4.69) is 15.6 Å². The molecule has 0 heterocycles. The van der Waals surface area contributed by atoms with Crippen LogP contribution in [0.5, 0.6) is 11.5 Å². The van der Waals surface area contributed by atoms with Crippen molar-refractivity contribution in [3.63, 3.8) is 0 Å². The van der Waals surface area contributed by atoms with Gasteiger partial charge >= 0.3 is 0 Å². The molecule has 6 nitrogen and oxygen atoms in total. The molecule has 0 unspecified atom stereocenters. The monoisotopic (exact) mass is 533 g/mol. The van der Waals surface area contributed by atoms with Crippen molar-refractivity contribution in [3.05, 3.63) is 58.6 Å². The maximum absolute atomic E-state index is 8.90. The summed E-state index contributed by atoms with van der Waals surface area (Å²) in [5.41, 5.74) is 2.10. The summed E-state index contributed by atoms with van der Waals surface area (Å²) in [6.45, 7) is 4.22. The van der Waals surface area contributed by atoms with Gasteiger partial charge in [0.05, 0.1) is 20.3 Å². The summed E-state index contributed by atoms with van der Waals surface area (Å²) in [6, 6.07) is 13.5. The summed E-state index contributed by atoms with van der Waals surface area (Å²) in [5.74, 6) is 1.97. The fourth-order valence-corrected chi connectivity index (χ4v) is 2.84. The summed E-state index contributed by atoms with van der Waals surface area (Å²) in [7, 11) is 1.59. The highest BCUT2D eigenvalue weighted by atomic mass is 127. The number of ether oxygens (including phenoxy) is 2. The van der Waals surface area contributed by atoms with E-state index in [4.69, 9.17) is 26.2 Å². The Morgan fingerprint density at radius 1 is 1.14 bits per heavy atom. The molecule has 29 heavy (non-hydrogen) atoms. The molecule has 0 spiro atoms. The molecular formula is C21H29ClIN3O3. The molecule has 160 valence electrons. The molecule has 0 aliphatic carbocycles. The highest BCUT2D eigenvalue weighted by molar-refractivity contribution is 14.0. The first-order valence-electron chi connectivity index (χ1n) is 9.34. The Morgan fingerprint density at radius 2 is 1.93 bits per heavy atom. The van der Waals surface area contributed by atoms with E-state index in [0.717, 1.165) is 41.6 Å². The van der Waals surface area contributed by atoms with E-state index >= 15 is 0 Å². The van der Waals surface area contributed by atoms with E-state index in [1.54, 1.807) is 7.11 Å². The van der Waals surface area contributed by atoms with Crippen LogP contribution in [0.3, 0.4) is 0 Å². The highest BCUT2D eigenvalue weighted by Crippen LogP contribution is 2.28. The third-order valence-electron chi connectivity index (χ3n) is 3.99. The number of hydrogen-bond donors (Lipinski definition) is 3. The van der Waals surface area contributed by atoms with E-state index in [9.17, 15) is 0 Å². The highest BCUT2D eigenvalue weighted by Gasteiger charge is 2.06. The van der Waals surface area contributed by atoms with Crippen LogP contribution in [-0.2, 0) is 13.0 Å². The van der Waals surface area contributed by atoms with Crippen LogP contribution in [0.25, 0.3) is 0 Å². The Hall–Kier alpha value is -1.71. The Balaban J connectivity index is 0.00000420. The molecule has 0 aromatic heterocycles. The van der Waals surface area contributed by atoms with Crippen molar-refractivity contribution in [2.45, 2.75) is 19.9 Å². The normalized spacial score (nSPS) is 10.8. The van der Waals surface area contributed by atoms with Crippen LogP contribution < -0.4 is 20.1 Å². The fraction of sp³-hybridized carbons (Fsp3) is 0.381. The molecule has 2 rings (SSSR count). The third kappa shape index (κ3) is 8.67. The minimum absolute atomic E-state index is 0. The molecule has 8 heteroatoms. The van der Waals surface area contributed by atoms with Crippen molar-refractivity contribution in [2.75, 3.05) is 33.4 Å². The SMILES string of the molecule is CCNC(=NCc1ccc(OCCO)c(OC)c1)NCCc1ccccc1Cl.I. The maximum atomic E-state index is 8.90. The van der Waals surface area contributed by atoms with Gasteiger partial charge in [0.2, 0.25) is 0 Å². The number of methoxy groups -OCH3 is 1. The number of guanidine groups is 1. The van der Waals surface area contributed by atoms with Crippen LogP contribution in [0, 0.1) is 0 Å². The van der Waals surface area contributed by atoms with E-state index in [1.165, 1.54) is 0 Å². The van der Waals surface area contributed by atoms with Crippen LogP contribution in [-0.4, -0.2) is 44.5 Å². The predicted octanol–water partition coefficient (Wildman–Crippen LogP) is 3.64. The molecule has 0 amide bonds. The molecule has 0 saturated carbocycles. The molecule has 0 aliphatic heterocycles. The first-order chi connectivity index (χ1) is 13.7. The van der Waals surface area contributed by atoms with Gasteiger partial charge in [-0.15, -0.1) is 24.0 Å². The second-order valence-corrected chi connectivity index (χ2v) is 6.43. The number of halogens is 2. The number of aliphatic hydroxyl groups is 1. The van der Waals surface area contributed by atoms with Crippen molar-refractivity contribution >= 4 is 41.5 Å². The van der Waals surface area contributed by atoms with Gasteiger partial charge in [0.1, 0.15) is 6.61 Å². The van der Waals surface area contributed by atoms with Crippen molar-refractivity contribution in [1.82, 2.24) is 10.6 Å². The zero-order valence-electron chi connectivity index (χ0n) is 16.8. The number of aliphatic imine (C=N–C) groups is 1. The molecule has 0 aliphatic rings. The molecular weight excluding hydrogens is 505 g/mol. The van der Waals surface area contributed by atoms with Gasteiger partial charge in [0.25, 0.3) is 0 Å². The van der Waals surface area contributed by atoms with E-state index in [1.807, 2.05) is 49.4 Å². The van der Waals surface area contributed by atoms with Crippen molar-refractivity contribution in [2.24, 2.45) is 4.99 Å². The van der Waals surface area contributed by atoms with Crippen LogP contribution in [0.2, 0.25) is 5.02 Å². The zero-order valence-corrected chi connectivity index (χ0v) is 19.9. The lowest BCUT2D eigenvalue weighted by molar-refractivity contribution is 0.196. The van der Waals surface area contributed by atoms with Crippen molar-refractivity contribution < 1.29 is 14.6 Å².